The molecule has 2 aromatic rings. The zero-order valence-electron chi connectivity index (χ0n) is 12.2. The van der Waals surface area contributed by atoms with Gasteiger partial charge in [0.15, 0.2) is 11.2 Å². The van der Waals surface area contributed by atoms with Crippen molar-refractivity contribution in [1.82, 2.24) is 4.90 Å². The highest BCUT2D eigenvalue weighted by Crippen LogP contribution is 2.29. The second kappa shape index (κ2) is 5.97. The summed E-state index contributed by atoms with van der Waals surface area (Å²) in [4.78, 5) is 25.7. The fourth-order valence-electron chi connectivity index (χ4n) is 2.84. The van der Waals surface area contributed by atoms with E-state index in [2.05, 4.69) is 0 Å². The molecule has 0 N–H and O–H groups in total. The topological polar surface area (TPSA) is 50.5 Å². The van der Waals surface area contributed by atoms with Crippen LogP contribution in [-0.2, 0) is 0 Å². The van der Waals surface area contributed by atoms with Crippen molar-refractivity contribution in [1.29, 1.82) is 0 Å². The molecule has 4 nitrogen and oxygen atoms in total. The zero-order chi connectivity index (χ0) is 15.7. The van der Waals surface area contributed by atoms with Crippen LogP contribution >= 0.6 is 11.6 Å². The van der Waals surface area contributed by atoms with Crippen molar-refractivity contribution >= 4 is 17.5 Å². The average molecular weight is 318 g/mol. The number of likely N-dealkylation sites (tertiary alicyclic amines) is 1. The highest BCUT2D eigenvalue weighted by molar-refractivity contribution is 6.30. The standard InChI is InChI=1S/C17H16ClNO3/c1-11-7-15(20)9-16(22-11)17(21)19-6-5-13(10-19)12-3-2-4-14(18)8-12/h2-4,7-9,13H,5-6,10H2,1H3/t13-/m0/s1. The Hall–Kier alpha value is -2.07. The molecule has 1 aliphatic heterocycles. The van der Waals surface area contributed by atoms with Crippen LogP contribution in [0.3, 0.4) is 0 Å². The number of nitrogens with zero attached hydrogens (tertiary/aromatic N) is 1. The first-order valence-corrected chi connectivity index (χ1v) is 7.57. The van der Waals surface area contributed by atoms with E-state index in [9.17, 15) is 9.59 Å². The summed E-state index contributed by atoms with van der Waals surface area (Å²) in [6.45, 7) is 2.92. The van der Waals surface area contributed by atoms with Crippen LogP contribution in [-0.4, -0.2) is 23.9 Å². The second-order valence-electron chi connectivity index (χ2n) is 5.56. The molecule has 1 atom stereocenters. The van der Waals surface area contributed by atoms with Crippen molar-refractivity contribution < 1.29 is 9.21 Å². The SMILES string of the molecule is Cc1cc(=O)cc(C(=O)N2CC[C@H](c3cccc(Cl)c3)C2)o1. The average Bonchev–Trinajstić information content (AvgIpc) is 2.95. The minimum absolute atomic E-state index is 0.108. The first kappa shape index (κ1) is 14.9. The third-order valence-corrected chi connectivity index (χ3v) is 4.13. The minimum atomic E-state index is -0.231. The lowest BCUT2D eigenvalue weighted by Crippen LogP contribution is -2.29. The maximum Gasteiger partial charge on any atom is 0.289 e. The lowest BCUT2D eigenvalue weighted by atomic mass is 9.99. The van der Waals surface area contributed by atoms with Gasteiger partial charge in [0.1, 0.15) is 5.76 Å². The summed E-state index contributed by atoms with van der Waals surface area (Å²) < 4.78 is 5.38. The molecule has 1 aromatic heterocycles. The van der Waals surface area contributed by atoms with Crippen LogP contribution in [0.15, 0.2) is 45.6 Å². The van der Waals surface area contributed by atoms with Crippen molar-refractivity contribution in [3.05, 3.63) is 68.7 Å². The van der Waals surface area contributed by atoms with E-state index in [1.54, 1.807) is 11.8 Å². The maximum absolute atomic E-state index is 12.5. The predicted octanol–water partition coefficient (Wildman–Crippen LogP) is 3.23. The smallest absolute Gasteiger partial charge is 0.289 e. The van der Waals surface area contributed by atoms with Gasteiger partial charge >= 0.3 is 0 Å². The number of hydrogen-bond donors (Lipinski definition) is 0. The fraction of sp³-hybridized carbons (Fsp3) is 0.294. The molecule has 2 heterocycles. The first-order valence-electron chi connectivity index (χ1n) is 7.19. The van der Waals surface area contributed by atoms with Crippen molar-refractivity contribution in [2.45, 2.75) is 19.3 Å². The van der Waals surface area contributed by atoms with Gasteiger partial charge in [-0.15, -0.1) is 0 Å². The molecule has 1 saturated heterocycles. The zero-order valence-corrected chi connectivity index (χ0v) is 13.0. The van der Waals surface area contributed by atoms with Gasteiger partial charge in [-0.1, -0.05) is 23.7 Å². The lowest BCUT2D eigenvalue weighted by molar-refractivity contribution is 0.0754. The molecule has 1 amide bonds. The van der Waals surface area contributed by atoms with E-state index in [1.165, 1.54) is 12.1 Å². The van der Waals surface area contributed by atoms with Crippen molar-refractivity contribution in [3.8, 4) is 0 Å². The Morgan fingerprint density at radius 3 is 2.86 bits per heavy atom. The third-order valence-electron chi connectivity index (χ3n) is 3.90. The van der Waals surface area contributed by atoms with Crippen molar-refractivity contribution in [2.75, 3.05) is 13.1 Å². The fourth-order valence-corrected chi connectivity index (χ4v) is 3.04. The largest absolute Gasteiger partial charge is 0.456 e. The lowest BCUT2D eigenvalue weighted by Gasteiger charge is -2.16. The second-order valence-corrected chi connectivity index (χ2v) is 6.00. The van der Waals surface area contributed by atoms with E-state index < -0.39 is 0 Å². The van der Waals surface area contributed by atoms with E-state index in [-0.39, 0.29) is 23.0 Å². The number of rotatable bonds is 2. The molecular formula is C17H16ClNO3. The highest BCUT2D eigenvalue weighted by atomic mass is 35.5. The van der Waals surface area contributed by atoms with Crippen LogP contribution in [0.1, 0.15) is 34.2 Å². The van der Waals surface area contributed by atoms with E-state index >= 15 is 0 Å². The van der Waals surface area contributed by atoms with Crippen molar-refractivity contribution in [2.24, 2.45) is 0 Å². The monoisotopic (exact) mass is 317 g/mol. The Labute approximate surface area is 133 Å². The Morgan fingerprint density at radius 1 is 1.32 bits per heavy atom. The number of carbonyl (C=O) groups excluding carboxylic acids is 1. The number of carbonyl (C=O) groups is 1. The maximum atomic E-state index is 12.5. The molecule has 0 saturated carbocycles. The quantitative estimate of drug-likeness (QED) is 0.854. The third kappa shape index (κ3) is 3.07. The summed E-state index contributed by atoms with van der Waals surface area (Å²) in [5.74, 6) is 0.586. The molecule has 22 heavy (non-hydrogen) atoms. The van der Waals surface area contributed by atoms with Crippen LogP contribution in [0.5, 0.6) is 0 Å². The number of amides is 1. The Morgan fingerprint density at radius 2 is 2.14 bits per heavy atom. The number of benzene rings is 1. The molecule has 0 aliphatic carbocycles. The van der Waals surface area contributed by atoms with Crippen LogP contribution < -0.4 is 5.43 Å². The van der Waals surface area contributed by atoms with Gasteiger partial charge in [0.2, 0.25) is 0 Å². The van der Waals surface area contributed by atoms with Gasteiger partial charge in [-0.2, -0.15) is 0 Å². The molecule has 0 radical (unpaired) electrons. The van der Waals surface area contributed by atoms with E-state index in [4.69, 9.17) is 16.0 Å². The van der Waals surface area contributed by atoms with Crippen LogP contribution in [0.25, 0.3) is 0 Å². The molecular weight excluding hydrogens is 302 g/mol. The summed E-state index contributed by atoms with van der Waals surface area (Å²) in [6.07, 6.45) is 0.877. The molecule has 114 valence electrons. The highest BCUT2D eigenvalue weighted by Gasteiger charge is 2.29. The van der Waals surface area contributed by atoms with Gasteiger partial charge < -0.3 is 9.32 Å². The molecule has 0 bridgehead atoms. The van der Waals surface area contributed by atoms with Crippen LogP contribution in [0, 0.1) is 6.92 Å². The Kier molecular flexibility index (Phi) is 4.03. The molecule has 0 unspecified atom stereocenters. The van der Waals surface area contributed by atoms with Gasteiger partial charge in [0.05, 0.1) is 0 Å². The summed E-state index contributed by atoms with van der Waals surface area (Å²) in [6, 6.07) is 10.3. The van der Waals surface area contributed by atoms with E-state index in [0.717, 1.165) is 12.0 Å². The van der Waals surface area contributed by atoms with Gasteiger partial charge in [-0.3, -0.25) is 9.59 Å². The molecule has 0 spiro atoms. The Balaban J connectivity index is 1.77. The summed E-state index contributed by atoms with van der Waals surface area (Å²) in [7, 11) is 0. The van der Waals surface area contributed by atoms with Crippen LogP contribution in [0.2, 0.25) is 5.02 Å². The van der Waals surface area contributed by atoms with E-state index in [0.29, 0.717) is 23.9 Å². The Bertz CT molecular complexity index is 768. The number of hydrogen-bond acceptors (Lipinski definition) is 3. The summed E-state index contributed by atoms with van der Waals surface area (Å²) in [5.41, 5.74) is 0.922. The normalized spacial score (nSPS) is 17.7. The molecule has 1 fully saturated rings. The van der Waals surface area contributed by atoms with Crippen LogP contribution in [0.4, 0.5) is 0 Å². The predicted molar refractivity (Wildman–Crippen MR) is 84.4 cm³/mol. The van der Waals surface area contributed by atoms with Gasteiger partial charge in [0.25, 0.3) is 5.91 Å². The molecule has 1 aliphatic rings. The minimum Gasteiger partial charge on any atom is -0.456 e. The molecule has 3 rings (SSSR count). The summed E-state index contributed by atoms with van der Waals surface area (Å²) >= 11 is 6.02. The number of aryl methyl sites for hydroxylation is 1. The number of halogens is 1. The molecule has 1 aromatic carbocycles. The van der Waals surface area contributed by atoms with Gasteiger partial charge in [-0.25, -0.2) is 0 Å². The van der Waals surface area contributed by atoms with Crippen molar-refractivity contribution in [3.63, 3.8) is 0 Å². The molecule has 5 heteroatoms. The summed E-state index contributed by atoms with van der Waals surface area (Å²) in [5, 5.41) is 0.701. The first-order chi connectivity index (χ1) is 10.5. The van der Waals surface area contributed by atoms with Gasteiger partial charge in [0, 0.05) is 36.2 Å². The van der Waals surface area contributed by atoms with Gasteiger partial charge in [-0.05, 0) is 31.0 Å². The van der Waals surface area contributed by atoms with E-state index in [1.807, 2.05) is 24.3 Å².